The van der Waals surface area contributed by atoms with E-state index in [1.54, 1.807) is 18.3 Å². The topological polar surface area (TPSA) is 71.2 Å². The van der Waals surface area contributed by atoms with Crippen LogP contribution in [0.1, 0.15) is 30.1 Å². The summed E-state index contributed by atoms with van der Waals surface area (Å²) in [4.78, 5) is 18.0. The molecule has 1 aliphatic heterocycles. The van der Waals surface area contributed by atoms with Crippen molar-refractivity contribution in [3.63, 3.8) is 0 Å². The largest absolute Gasteiger partial charge is 0.336 e. The Bertz CT molecular complexity index is 376. The van der Waals surface area contributed by atoms with E-state index in [0.29, 0.717) is 17.4 Å². The molecule has 2 heterocycles. The molecule has 0 bridgehead atoms. The summed E-state index contributed by atoms with van der Waals surface area (Å²) in [6, 6.07) is 3.78. The molecule has 1 amide bonds. The van der Waals surface area contributed by atoms with Crippen LogP contribution in [0.2, 0.25) is 0 Å². The van der Waals surface area contributed by atoms with Gasteiger partial charge in [0, 0.05) is 18.8 Å². The summed E-state index contributed by atoms with van der Waals surface area (Å²) in [5, 5.41) is 0. The van der Waals surface area contributed by atoms with E-state index < -0.39 is 0 Å². The predicted molar refractivity (Wildman–Crippen MR) is 61.8 cm³/mol. The van der Waals surface area contributed by atoms with Crippen LogP contribution in [0.15, 0.2) is 18.3 Å². The fourth-order valence-electron chi connectivity index (χ4n) is 2.01. The van der Waals surface area contributed by atoms with Crippen LogP contribution in [0.5, 0.6) is 0 Å². The van der Waals surface area contributed by atoms with Crippen molar-refractivity contribution in [1.29, 1.82) is 0 Å². The van der Waals surface area contributed by atoms with Gasteiger partial charge >= 0.3 is 0 Å². The molecule has 0 aromatic carbocycles. The Morgan fingerprint density at radius 1 is 1.62 bits per heavy atom. The summed E-state index contributed by atoms with van der Waals surface area (Å²) < 4.78 is 0. The molecule has 0 spiro atoms. The van der Waals surface area contributed by atoms with Gasteiger partial charge in [-0.15, -0.1) is 0 Å². The molecule has 1 aromatic rings. The molecule has 1 aromatic heterocycles. The zero-order chi connectivity index (χ0) is 11.5. The van der Waals surface area contributed by atoms with Gasteiger partial charge in [-0.1, -0.05) is 0 Å². The van der Waals surface area contributed by atoms with Gasteiger partial charge in [-0.2, -0.15) is 0 Å². The molecule has 0 saturated carbocycles. The molecule has 5 nitrogen and oxygen atoms in total. The van der Waals surface area contributed by atoms with Crippen LogP contribution >= 0.6 is 0 Å². The van der Waals surface area contributed by atoms with Crippen LogP contribution in [0.3, 0.4) is 0 Å². The fourth-order valence-corrected chi connectivity index (χ4v) is 2.01. The lowest BCUT2D eigenvalue weighted by molar-refractivity contribution is 0.0747. The van der Waals surface area contributed by atoms with Crippen molar-refractivity contribution >= 4 is 11.7 Å². The van der Waals surface area contributed by atoms with Crippen LogP contribution < -0.4 is 11.3 Å². The monoisotopic (exact) mass is 220 g/mol. The molecule has 1 fully saturated rings. The second-order valence-corrected chi connectivity index (χ2v) is 4.07. The molecule has 86 valence electrons. The fraction of sp³-hybridized carbons (Fsp3) is 0.455. The molecule has 5 heteroatoms. The van der Waals surface area contributed by atoms with Crippen LogP contribution in [-0.2, 0) is 0 Å². The Morgan fingerprint density at radius 2 is 2.44 bits per heavy atom. The van der Waals surface area contributed by atoms with Gasteiger partial charge in [0.1, 0.15) is 5.82 Å². The first-order chi connectivity index (χ1) is 7.72. The van der Waals surface area contributed by atoms with Gasteiger partial charge in [0.05, 0.1) is 5.56 Å². The second-order valence-electron chi connectivity index (χ2n) is 4.07. The maximum atomic E-state index is 12.1. The molecule has 1 aliphatic rings. The average molecular weight is 220 g/mol. The highest BCUT2D eigenvalue weighted by Gasteiger charge is 2.25. The number of nitrogen functional groups attached to an aromatic ring is 1. The second kappa shape index (κ2) is 4.49. The van der Waals surface area contributed by atoms with Crippen LogP contribution in [0, 0.1) is 0 Å². The Hall–Kier alpha value is -1.62. The van der Waals surface area contributed by atoms with Crippen molar-refractivity contribution < 1.29 is 4.79 Å². The lowest BCUT2D eigenvalue weighted by Crippen LogP contribution is -2.33. The quantitative estimate of drug-likeness (QED) is 0.576. The van der Waals surface area contributed by atoms with Crippen molar-refractivity contribution in [2.45, 2.75) is 25.8 Å². The summed E-state index contributed by atoms with van der Waals surface area (Å²) in [5.41, 5.74) is 3.05. The number of nitrogens with two attached hydrogens (primary N) is 1. The number of nitrogens with zero attached hydrogens (tertiary/aromatic N) is 2. The molecular formula is C11H16N4O. The van der Waals surface area contributed by atoms with Gasteiger partial charge in [0.15, 0.2) is 0 Å². The van der Waals surface area contributed by atoms with E-state index in [-0.39, 0.29) is 5.91 Å². The zero-order valence-corrected chi connectivity index (χ0v) is 9.31. The number of pyridine rings is 1. The first kappa shape index (κ1) is 10.9. The normalized spacial score (nSPS) is 19.9. The lowest BCUT2D eigenvalue weighted by Gasteiger charge is -2.21. The maximum Gasteiger partial charge on any atom is 0.255 e. The minimum Gasteiger partial charge on any atom is -0.336 e. The van der Waals surface area contributed by atoms with Gasteiger partial charge in [-0.25, -0.2) is 10.8 Å². The van der Waals surface area contributed by atoms with E-state index in [0.717, 1.165) is 19.4 Å². The van der Waals surface area contributed by atoms with Gasteiger partial charge in [0.2, 0.25) is 0 Å². The highest BCUT2D eigenvalue weighted by Crippen LogP contribution is 2.19. The molecule has 2 rings (SSSR count). The Labute approximate surface area is 94.6 Å². The van der Waals surface area contributed by atoms with E-state index in [1.165, 1.54) is 0 Å². The van der Waals surface area contributed by atoms with Gasteiger partial charge < -0.3 is 10.3 Å². The molecule has 1 unspecified atom stereocenters. The van der Waals surface area contributed by atoms with Crippen LogP contribution in [0.4, 0.5) is 5.82 Å². The van der Waals surface area contributed by atoms with Crippen molar-refractivity contribution in [2.24, 2.45) is 5.84 Å². The molecule has 1 atom stereocenters. The number of hydrazine groups is 1. The minimum atomic E-state index is 0.0565. The first-order valence-electron chi connectivity index (χ1n) is 5.46. The molecule has 0 aliphatic carbocycles. The third-order valence-electron chi connectivity index (χ3n) is 2.97. The van der Waals surface area contributed by atoms with E-state index >= 15 is 0 Å². The number of nitrogens with one attached hydrogen (secondary N) is 1. The third kappa shape index (κ3) is 1.99. The predicted octanol–water partition coefficient (Wildman–Crippen LogP) is 0.992. The zero-order valence-electron chi connectivity index (χ0n) is 9.31. The van der Waals surface area contributed by atoms with Crippen LogP contribution in [0.25, 0.3) is 0 Å². The summed E-state index contributed by atoms with van der Waals surface area (Å²) in [7, 11) is 0. The highest BCUT2D eigenvalue weighted by molar-refractivity contribution is 5.94. The van der Waals surface area contributed by atoms with Crippen LogP contribution in [-0.4, -0.2) is 28.4 Å². The van der Waals surface area contributed by atoms with Gasteiger partial charge in [-0.3, -0.25) is 4.79 Å². The van der Waals surface area contributed by atoms with Crippen molar-refractivity contribution in [2.75, 3.05) is 12.0 Å². The van der Waals surface area contributed by atoms with E-state index in [9.17, 15) is 4.79 Å². The van der Waals surface area contributed by atoms with E-state index in [4.69, 9.17) is 5.84 Å². The van der Waals surface area contributed by atoms with Gasteiger partial charge in [0.25, 0.3) is 5.91 Å². The standard InChI is InChI=1S/C11H16N4O/c1-8-3-2-6-15(8)11(16)9-4-5-10(14-12)13-7-9/h4-5,7-8H,2-3,6,12H2,1H3,(H,13,14). The molecule has 1 saturated heterocycles. The SMILES string of the molecule is CC1CCCN1C(=O)c1ccc(NN)nc1. The van der Waals surface area contributed by atoms with E-state index in [1.807, 2.05) is 4.90 Å². The first-order valence-corrected chi connectivity index (χ1v) is 5.46. The number of hydrogen-bond acceptors (Lipinski definition) is 4. The number of amides is 1. The smallest absolute Gasteiger partial charge is 0.255 e. The summed E-state index contributed by atoms with van der Waals surface area (Å²) in [6.45, 7) is 2.92. The molecule has 3 N–H and O–H groups in total. The van der Waals surface area contributed by atoms with Gasteiger partial charge in [-0.05, 0) is 31.9 Å². The molecule has 0 radical (unpaired) electrons. The van der Waals surface area contributed by atoms with Crippen molar-refractivity contribution in [1.82, 2.24) is 9.88 Å². The summed E-state index contributed by atoms with van der Waals surface area (Å²) >= 11 is 0. The number of rotatable bonds is 2. The molecular weight excluding hydrogens is 204 g/mol. The Balaban J connectivity index is 2.14. The summed E-state index contributed by atoms with van der Waals surface area (Å²) in [6.07, 6.45) is 3.73. The number of aromatic nitrogens is 1. The Morgan fingerprint density at radius 3 is 2.94 bits per heavy atom. The average Bonchev–Trinajstić information content (AvgIpc) is 2.75. The number of likely N-dealkylation sites (tertiary alicyclic amines) is 1. The van der Waals surface area contributed by atoms with Crippen molar-refractivity contribution in [3.05, 3.63) is 23.9 Å². The van der Waals surface area contributed by atoms with Crippen molar-refractivity contribution in [3.8, 4) is 0 Å². The number of hydrogen-bond donors (Lipinski definition) is 2. The molecule has 16 heavy (non-hydrogen) atoms. The minimum absolute atomic E-state index is 0.0565. The Kier molecular flexibility index (Phi) is 3.05. The number of carbonyl (C=O) groups excluding carboxylic acids is 1. The number of anilines is 1. The van der Waals surface area contributed by atoms with E-state index in [2.05, 4.69) is 17.3 Å². The third-order valence-corrected chi connectivity index (χ3v) is 2.97. The maximum absolute atomic E-state index is 12.1. The lowest BCUT2D eigenvalue weighted by atomic mass is 10.2. The summed E-state index contributed by atoms with van der Waals surface area (Å²) in [5.74, 6) is 5.83. The highest BCUT2D eigenvalue weighted by atomic mass is 16.2. The number of carbonyl (C=O) groups is 1.